The number of rotatable bonds is 6. The second kappa shape index (κ2) is 6.47. The van der Waals surface area contributed by atoms with E-state index in [1.807, 2.05) is 0 Å². The molecule has 1 amide bonds. The highest BCUT2D eigenvalue weighted by molar-refractivity contribution is 7.84. The van der Waals surface area contributed by atoms with Gasteiger partial charge < -0.3 is 10.8 Å². The van der Waals surface area contributed by atoms with Crippen LogP contribution in [0.2, 0.25) is 0 Å². The van der Waals surface area contributed by atoms with Crippen LogP contribution in [0, 0.1) is 12.8 Å². The van der Waals surface area contributed by atoms with Gasteiger partial charge in [0.1, 0.15) is 0 Å². The van der Waals surface area contributed by atoms with E-state index >= 15 is 0 Å². The van der Waals surface area contributed by atoms with Gasteiger partial charge in [-0.15, -0.1) is 0 Å². The predicted octanol–water partition coefficient (Wildman–Crippen LogP) is 1.06. The van der Waals surface area contributed by atoms with Gasteiger partial charge in [-0.3, -0.25) is 13.8 Å². The molecule has 0 radical (unpaired) electrons. The van der Waals surface area contributed by atoms with Crippen molar-refractivity contribution in [2.75, 3.05) is 5.75 Å². The first-order valence-corrected chi connectivity index (χ1v) is 7.27. The monoisotopic (exact) mass is 283 g/mol. The number of hydrogen-bond donors (Lipinski definition) is 2. The van der Waals surface area contributed by atoms with E-state index in [0.717, 1.165) is 11.1 Å². The quantitative estimate of drug-likeness (QED) is 0.815. The molecule has 19 heavy (non-hydrogen) atoms. The first-order chi connectivity index (χ1) is 8.81. The third-order valence-corrected chi connectivity index (χ3v) is 4.31. The molecule has 0 aliphatic heterocycles. The summed E-state index contributed by atoms with van der Waals surface area (Å²) in [5.41, 5.74) is 7.24. The fraction of sp³-hybridized carbons (Fsp3) is 0.385. The summed E-state index contributed by atoms with van der Waals surface area (Å²) in [5.74, 6) is -1.69. The summed E-state index contributed by atoms with van der Waals surface area (Å²) in [7, 11) is -1.25. The maximum atomic E-state index is 11.9. The first-order valence-electron chi connectivity index (χ1n) is 5.78. The van der Waals surface area contributed by atoms with Crippen molar-refractivity contribution in [3.05, 3.63) is 34.9 Å². The summed E-state index contributed by atoms with van der Waals surface area (Å²) in [4.78, 5) is 21.7. The molecule has 0 aliphatic carbocycles. The number of carboxylic acid groups (broad SMARTS) is 1. The van der Waals surface area contributed by atoms with Gasteiger partial charge in [-0.2, -0.15) is 0 Å². The van der Waals surface area contributed by atoms with Crippen LogP contribution in [0.4, 0.5) is 0 Å². The van der Waals surface area contributed by atoms with E-state index < -0.39 is 28.6 Å². The second-order valence-corrected chi connectivity index (χ2v) is 6.00. The highest BCUT2D eigenvalue weighted by atomic mass is 32.2. The number of amides is 1. The van der Waals surface area contributed by atoms with Crippen molar-refractivity contribution in [3.8, 4) is 0 Å². The Morgan fingerprint density at radius 3 is 2.53 bits per heavy atom. The maximum Gasteiger partial charge on any atom is 0.307 e. The zero-order valence-electron chi connectivity index (χ0n) is 10.9. The van der Waals surface area contributed by atoms with Gasteiger partial charge >= 0.3 is 5.97 Å². The molecule has 2 unspecified atom stereocenters. The summed E-state index contributed by atoms with van der Waals surface area (Å²) in [5, 5.41) is 8.76. The number of benzene rings is 1. The molecule has 2 atom stereocenters. The van der Waals surface area contributed by atoms with Crippen LogP contribution in [0.15, 0.2) is 18.2 Å². The van der Waals surface area contributed by atoms with Crippen LogP contribution in [-0.2, 0) is 21.3 Å². The molecule has 0 saturated heterocycles. The minimum atomic E-state index is -1.25. The van der Waals surface area contributed by atoms with E-state index in [1.54, 1.807) is 25.1 Å². The number of carbonyl (C=O) groups is 2. The molecular weight excluding hydrogens is 266 g/mol. The van der Waals surface area contributed by atoms with Crippen molar-refractivity contribution in [2.24, 2.45) is 11.7 Å². The lowest BCUT2D eigenvalue weighted by atomic mass is 10.1. The van der Waals surface area contributed by atoms with Crippen molar-refractivity contribution >= 4 is 22.7 Å². The van der Waals surface area contributed by atoms with E-state index in [2.05, 4.69) is 0 Å². The Bertz CT molecular complexity index is 527. The average molecular weight is 283 g/mol. The highest BCUT2D eigenvalue weighted by Gasteiger charge is 2.15. The van der Waals surface area contributed by atoms with Crippen molar-refractivity contribution in [1.82, 2.24) is 0 Å². The van der Waals surface area contributed by atoms with Crippen LogP contribution in [0.25, 0.3) is 0 Å². The molecule has 1 aromatic rings. The van der Waals surface area contributed by atoms with Crippen molar-refractivity contribution < 1.29 is 18.9 Å². The Kier molecular flexibility index (Phi) is 5.23. The van der Waals surface area contributed by atoms with Crippen LogP contribution in [0.3, 0.4) is 0 Å². The summed E-state index contributed by atoms with van der Waals surface area (Å²) in [6, 6.07) is 4.94. The lowest BCUT2D eigenvalue weighted by molar-refractivity contribution is -0.140. The molecule has 3 N–H and O–H groups in total. The van der Waals surface area contributed by atoms with Crippen molar-refractivity contribution in [3.63, 3.8) is 0 Å². The number of aliphatic carboxylic acids is 1. The number of carbonyl (C=O) groups excluding carboxylic acids is 1. The van der Waals surface area contributed by atoms with Gasteiger partial charge in [-0.05, 0) is 30.2 Å². The van der Waals surface area contributed by atoms with Gasteiger partial charge in [0.25, 0.3) is 0 Å². The van der Waals surface area contributed by atoms with Gasteiger partial charge in [-0.25, -0.2) is 0 Å². The fourth-order valence-electron chi connectivity index (χ4n) is 1.59. The Labute approximate surface area is 114 Å². The fourth-order valence-corrected chi connectivity index (χ4v) is 3.08. The minimum absolute atomic E-state index is 0.117. The van der Waals surface area contributed by atoms with E-state index in [-0.39, 0.29) is 11.5 Å². The van der Waals surface area contributed by atoms with Gasteiger partial charge in [0.15, 0.2) is 0 Å². The van der Waals surface area contributed by atoms with Crippen LogP contribution >= 0.6 is 0 Å². The number of primary amides is 1. The normalized spacial score (nSPS) is 13.8. The Morgan fingerprint density at radius 1 is 1.42 bits per heavy atom. The van der Waals surface area contributed by atoms with Gasteiger partial charge in [0.2, 0.25) is 5.91 Å². The van der Waals surface area contributed by atoms with E-state index in [1.165, 1.54) is 6.92 Å². The third-order valence-electron chi connectivity index (χ3n) is 2.80. The lowest BCUT2D eigenvalue weighted by Gasteiger charge is -2.09. The van der Waals surface area contributed by atoms with Crippen LogP contribution in [0.5, 0.6) is 0 Å². The smallest absolute Gasteiger partial charge is 0.307 e. The van der Waals surface area contributed by atoms with Crippen LogP contribution in [0.1, 0.15) is 28.4 Å². The predicted molar refractivity (Wildman–Crippen MR) is 73.2 cm³/mol. The number of hydrogen-bond acceptors (Lipinski definition) is 3. The van der Waals surface area contributed by atoms with Gasteiger partial charge in [0.05, 0.1) is 5.92 Å². The first kappa shape index (κ1) is 15.4. The zero-order chi connectivity index (χ0) is 14.6. The second-order valence-electron chi connectivity index (χ2n) is 4.50. The van der Waals surface area contributed by atoms with Gasteiger partial charge in [-0.1, -0.05) is 13.0 Å². The topological polar surface area (TPSA) is 97.5 Å². The average Bonchev–Trinajstić information content (AvgIpc) is 2.31. The highest BCUT2D eigenvalue weighted by Crippen LogP contribution is 2.14. The molecule has 5 nitrogen and oxygen atoms in total. The third kappa shape index (κ3) is 4.48. The molecule has 0 bridgehead atoms. The zero-order valence-corrected chi connectivity index (χ0v) is 11.7. The number of aryl methyl sites for hydroxylation is 1. The molecule has 1 rings (SSSR count). The SMILES string of the molecule is Cc1cc(C(N)=O)ccc1CS(=O)CC(C)C(=O)O. The van der Waals surface area contributed by atoms with Crippen molar-refractivity contribution in [1.29, 1.82) is 0 Å². The Morgan fingerprint density at radius 2 is 2.05 bits per heavy atom. The molecule has 0 saturated carbocycles. The lowest BCUT2D eigenvalue weighted by Crippen LogP contribution is -2.18. The molecule has 6 heteroatoms. The molecule has 1 aromatic carbocycles. The standard InChI is InChI=1S/C13H17NO4S/c1-8-5-10(12(14)15)3-4-11(8)7-19(18)6-9(2)13(16)17/h3-5,9H,6-7H2,1-2H3,(H2,14,15)(H,16,17). The maximum absolute atomic E-state index is 11.9. The van der Waals surface area contributed by atoms with Gasteiger partial charge in [0, 0.05) is 27.9 Å². The van der Waals surface area contributed by atoms with Crippen LogP contribution in [-0.4, -0.2) is 26.9 Å². The molecule has 104 valence electrons. The van der Waals surface area contributed by atoms with Crippen LogP contribution < -0.4 is 5.73 Å². The molecule has 0 aliphatic rings. The molecule has 0 aromatic heterocycles. The molecule has 0 spiro atoms. The van der Waals surface area contributed by atoms with E-state index in [9.17, 15) is 13.8 Å². The summed E-state index contributed by atoms with van der Waals surface area (Å²) in [6.45, 7) is 3.34. The summed E-state index contributed by atoms with van der Waals surface area (Å²) >= 11 is 0. The molecular formula is C13H17NO4S. The molecule has 0 heterocycles. The van der Waals surface area contributed by atoms with E-state index in [0.29, 0.717) is 5.56 Å². The molecule has 0 fully saturated rings. The number of carboxylic acids is 1. The number of nitrogens with two attached hydrogens (primary N) is 1. The Hall–Kier alpha value is -1.69. The van der Waals surface area contributed by atoms with Crippen molar-refractivity contribution in [2.45, 2.75) is 19.6 Å². The summed E-state index contributed by atoms with van der Waals surface area (Å²) < 4.78 is 11.9. The minimum Gasteiger partial charge on any atom is -0.481 e. The Balaban J connectivity index is 2.75. The summed E-state index contributed by atoms with van der Waals surface area (Å²) in [6.07, 6.45) is 0. The largest absolute Gasteiger partial charge is 0.481 e. The van der Waals surface area contributed by atoms with E-state index in [4.69, 9.17) is 10.8 Å².